The van der Waals surface area contributed by atoms with Gasteiger partial charge in [-0.05, 0) is 85.3 Å². The van der Waals surface area contributed by atoms with Gasteiger partial charge in [0.2, 0.25) is 5.91 Å². The first kappa shape index (κ1) is 28.3. The number of methoxy groups -OCH3 is 1. The molecule has 3 atom stereocenters. The molecule has 2 amide bonds. The fourth-order valence-electron chi connectivity index (χ4n) is 6.82. The average molecular weight is 594 g/mol. The van der Waals surface area contributed by atoms with Gasteiger partial charge in [0.25, 0.3) is 0 Å². The number of likely N-dealkylation sites (tertiary alicyclic amines) is 1. The Morgan fingerprint density at radius 1 is 0.932 bits per heavy atom. The summed E-state index contributed by atoms with van der Waals surface area (Å²) >= 11 is 0. The van der Waals surface area contributed by atoms with Crippen LogP contribution < -0.4 is 10.6 Å². The number of hydrogen-bond acceptors (Lipinski definition) is 6. The summed E-state index contributed by atoms with van der Waals surface area (Å²) in [6, 6.07) is 16.5. The van der Waals surface area contributed by atoms with E-state index in [1.165, 1.54) is 13.5 Å². The van der Waals surface area contributed by atoms with E-state index in [1.807, 2.05) is 24.8 Å². The highest BCUT2D eigenvalue weighted by molar-refractivity contribution is 6.05. The average Bonchev–Trinajstić information content (AvgIpc) is 3.82. The minimum Gasteiger partial charge on any atom is -0.453 e. The van der Waals surface area contributed by atoms with Crippen LogP contribution in [-0.2, 0) is 9.53 Å². The fourth-order valence-corrected chi connectivity index (χ4v) is 6.82. The van der Waals surface area contributed by atoms with Gasteiger partial charge in [0.15, 0.2) is 0 Å². The van der Waals surface area contributed by atoms with Crippen molar-refractivity contribution in [1.29, 1.82) is 0 Å². The van der Waals surface area contributed by atoms with Crippen molar-refractivity contribution in [3.05, 3.63) is 60.2 Å². The summed E-state index contributed by atoms with van der Waals surface area (Å²) in [5.41, 5.74) is 6.09. The molecule has 10 nitrogen and oxygen atoms in total. The molecule has 44 heavy (non-hydrogen) atoms. The SMILES string of the molecule is COC(=O)N[C@H](C(=O)N1CCCC[C@H]1c1nc2ccc(-c3ccc4c(ccc5nc([C@@H]6CCCN6)[nH]c54)c3)cc2[nH]1)C(C)C. The first-order valence-electron chi connectivity index (χ1n) is 15.7. The van der Waals surface area contributed by atoms with Gasteiger partial charge in [0.05, 0.1) is 41.3 Å². The molecule has 2 fully saturated rings. The zero-order chi connectivity index (χ0) is 30.4. The summed E-state index contributed by atoms with van der Waals surface area (Å²) in [5, 5.41) is 8.59. The third-order valence-electron chi connectivity index (χ3n) is 9.21. The summed E-state index contributed by atoms with van der Waals surface area (Å²) in [6.07, 6.45) is 4.43. The van der Waals surface area contributed by atoms with Crippen molar-refractivity contribution < 1.29 is 14.3 Å². The van der Waals surface area contributed by atoms with Crippen molar-refractivity contribution in [2.45, 2.75) is 64.1 Å². The summed E-state index contributed by atoms with van der Waals surface area (Å²) in [6.45, 7) is 5.51. The summed E-state index contributed by atoms with van der Waals surface area (Å²) in [4.78, 5) is 44.5. The van der Waals surface area contributed by atoms with Gasteiger partial charge in [0, 0.05) is 11.9 Å². The van der Waals surface area contributed by atoms with Crippen LogP contribution in [0.2, 0.25) is 0 Å². The van der Waals surface area contributed by atoms with E-state index in [0.717, 1.165) is 87.8 Å². The summed E-state index contributed by atoms with van der Waals surface area (Å²) < 4.78 is 4.78. The number of aromatic nitrogens is 4. The highest BCUT2D eigenvalue weighted by Crippen LogP contribution is 2.34. The van der Waals surface area contributed by atoms with E-state index in [-0.39, 0.29) is 17.9 Å². The fraction of sp³-hybridized carbons (Fsp3) is 0.412. The maximum atomic E-state index is 13.7. The van der Waals surface area contributed by atoms with Crippen LogP contribution in [-0.4, -0.2) is 63.1 Å². The number of piperidine rings is 1. The molecule has 0 unspecified atom stereocenters. The van der Waals surface area contributed by atoms with Crippen LogP contribution in [0.15, 0.2) is 48.5 Å². The Balaban J connectivity index is 1.17. The molecule has 2 aromatic heterocycles. The van der Waals surface area contributed by atoms with E-state index >= 15 is 0 Å². The van der Waals surface area contributed by atoms with Crippen LogP contribution in [0.1, 0.15) is 69.7 Å². The highest BCUT2D eigenvalue weighted by Gasteiger charge is 2.36. The molecule has 2 aliphatic heterocycles. The molecule has 10 heteroatoms. The van der Waals surface area contributed by atoms with Crippen LogP contribution in [0, 0.1) is 5.92 Å². The molecule has 5 aromatic rings. The lowest BCUT2D eigenvalue weighted by Gasteiger charge is -2.37. The lowest BCUT2D eigenvalue weighted by molar-refractivity contribution is -0.138. The number of carbonyl (C=O) groups is 2. The third-order valence-corrected chi connectivity index (χ3v) is 9.21. The number of fused-ring (bicyclic) bond motifs is 4. The van der Waals surface area contributed by atoms with Gasteiger partial charge in [-0.2, -0.15) is 0 Å². The van der Waals surface area contributed by atoms with Crippen LogP contribution in [0.3, 0.4) is 0 Å². The van der Waals surface area contributed by atoms with Crippen LogP contribution in [0.5, 0.6) is 0 Å². The maximum Gasteiger partial charge on any atom is 0.407 e. The molecule has 0 radical (unpaired) electrons. The monoisotopic (exact) mass is 593 g/mol. The number of ether oxygens (including phenoxy) is 1. The van der Waals surface area contributed by atoms with Crippen LogP contribution in [0.25, 0.3) is 44.0 Å². The molecular weight excluding hydrogens is 554 g/mol. The quantitative estimate of drug-likeness (QED) is 0.188. The van der Waals surface area contributed by atoms with Crippen molar-refractivity contribution in [3.63, 3.8) is 0 Å². The minimum absolute atomic E-state index is 0.0833. The second-order valence-corrected chi connectivity index (χ2v) is 12.4. The zero-order valence-electron chi connectivity index (χ0n) is 25.4. The first-order valence-corrected chi connectivity index (χ1v) is 15.7. The molecule has 4 heterocycles. The molecule has 0 saturated carbocycles. The Hall–Kier alpha value is -4.44. The molecule has 0 spiro atoms. The van der Waals surface area contributed by atoms with E-state index in [0.29, 0.717) is 12.6 Å². The largest absolute Gasteiger partial charge is 0.453 e. The maximum absolute atomic E-state index is 13.7. The normalized spacial score (nSPS) is 19.7. The number of aromatic amines is 2. The van der Waals surface area contributed by atoms with Gasteiger partial charge >= 0.3 is 6.09 Å². The van der Waals surface area contributed by atoms with Crippen LogP contribution in [0.4, 0.5) is 4.79 Å². The van der Waals surface area contributed by atoms with E-state index in [1.54, 1.807) is 0 Å². The number of imidazole rings is 2. The molecule has 7 rings (SSSR count). The molecule has 2 saturated heterocycles. The molecule has 0 aliphatic carbocycles. The number of H-pyrrole nitrogens is 2. The smallest absolute Gasteiger partial charge is 0.407 e. The Morgan fingerprint density at radius 2 is 1.73 bits per heavy atom. The van der Waals surface area contributed by atoms with Crippen molar-refractivity contribution >= 4 is 44.8 Å². The van der Waals surface area contributed by atoms with Crippen LogP contribution >= 0.6 is 0 Å². The molecule has 4 N–H and O–H groups in total. The summed E-state index contributed by atoms with van der Waals surface area (Å²) in [7, 11) is 1.31. The van der Waals surface area contributed by atoms with E-state index in [2.05, 4.69) is 63.1 Å². The first-order chi connectivity index (χ1) is 21.4. The number of rotatable bonds is 6. The number of nitrogens with one attached hydrogen (secondary N) is 4. The van der Waals surface area contributed by atoms with Crippen molar-refractivity contribution in [1.82, 2.24) is 35.5 Å². The number of benzene rings is 3. The second kappa shape index (κ2) is 11.6. The van der Waals surface area contributed by atoms with Gasteiger partial charge in [-0.25, -0.2) is 14.8 Å². The number of alkyl carbamates (subject to hydrolysis) is 1. The topological polar surface area (TPSA) is 128 Å². The minimum atomic E-state index is -0.666. The molecular formula is C34H39N7O3. The van der Waals surface area contributed by atoms with Crippen molar-refractivity contribution in [3.8, 4) is 11.1 Å². The Labute approximate surface area is 256 Å². The lowest BCUT2D eigenvalue weighted by Crippen LogP contribution is -2.53. The number of amides is 2. The third kappa shape index (κ3) is 5.17. The van der Waals surface area contributed by atoms with Gasteiger partial charge in [-0.3, -0.25) is 4.79 Å². The van der Waals surface area contributed by atoms with E-state index in [4.69, 9.17) is 14.7 Å². The van der Waals surface area contributed by atoms with Crippen molar-refractivity contribution in [2.75, 3.05) is 20.2 Å². The Bertz CT molecular complexity index is 1850. The van der Waals surface area contributed by atoms with E-state index in [9.17, 15) is 9.59 Å². The molecule has 2 aliphatic rings. The Kier molecular flexibility index (Phi) is 7.45. The number of carbonyl (C=O) groups excluding carboxylic acids is 2. The summed E-state index contributed by atoms with van der Waals surface area (Å²) in [5.74, 6) is 1.61. The highest BCUT2D eigenvalue weighted by atomic mass is 16.5. The van der Waals surface area contributed by atoms with Crippen molar-refractivity contribution in [2.24, 2.45) is 5.92 Å². The lowest BCUT2D eigenvalue weighted by atomic mass is 9.97. The molecule has 228 valence electrons. The van der Waals surface area contributed by atoms with Gasteiger partial charge in [-0.15, -0.1) is 0 Å². The number of hydrogen-bond donors (Lipinski definition) is 4. The van der Waals surface area contributed by atoms with Gasteiger partial charge in [-0.1, -0.05) is 38.1 Å². The van der Waals surface area contributed by atoms with E-state index < -0.39 is 12.1 Å². The number of nitrogens with zero attached hydrogens (tertiary/aromatic N) is 3. The van der Waals surface area contributed by atoms with Gasteiger partial charge in [0.1, 0.15) is 17.7 Å². The second-order valence-electron chi connectivity index (χ2n) is 12.4. The predicted octanol–water partition coefficient (Wildman–Crippen LogP) is 6.12. The zero-order valence-corrected chi connectivity index (χ0v) is 25.4. The molecule has 3 aromatic carbocycles. The standard InChI is InChI=1S/C34H39N7O3/c1-19(2)29(40-34(43)44-3)33(42)41-16-5-4-8-28(41)32-36-24-13-10-21(18-27(24)38-32)20-9-12-23-22(17-20)11-14-25-30(23)39-31(37-25)26-7-6-15-35-26/h9-14,17-19,26,28-29,35H,4-8,15-16H2,1-3H3,(H,36,38)(H,37,39)(H,40,43)/t26-,28-,29-/m0/s1. The Morgan fingerprint density at radius 3 is 2.52 bits per heavy atom. The predicted molar refractivity (Wildman–Crippen MR) is 171 cm³/mol. The van der Waals surface area contributed by atoms with Gasteiger partial charge < -0.3 is 30.2 Å². The molecule has 0 bridgehead atoms.